The maximum absolute atomic E-state index is 11.5. The van der Waals surface area contributed by atoms with Gasteiger partial charge in [-0.1, -0.05) is 6.92 Å². The van der Waals surface area contributed by atoms with Crippen LogP contribution in [0.1, 0.15) is 26.7 Å². The molecule has 88 valence electrons. The fraction of sp³-hybridized carbons (Fsp3) is 0.909. The Kier molecular flexibility index (Phi) is 3.41. The maximum atomic E-state index is 11.5. The van der Waals surface area contributed by atoms with E-state index in [1.807, 2.05) is 21.0 Å². The van der Waals surface area contributed by atoms with E-state index in [2.05, 4.69) is 17.1 Å². The minimum Gasteiger partial charge on any atom is -0.368 e. The standard InChI is InChI=1S/C11H23N3O/c1-10(5-6-10)11(2,9(12)15)13-7-8-14(3)4/h13H,5-8H2,1-4H3,(H2,12,15). The van der Waals surface area contributed by atoms with Crippen molar-refractivity contribution in [3.8, 4) is 0 Å². The minimum absolute atomic E-state index is 0.0607. The summed E-state index contributed by atoms with van der Waals surface area (Å²) >= 11 is 0. The number of likely N-dealkylation sites (N-methyl/N-ethyl adjacent to an activating group) is 1. The summed E-state index contributed by atoms with van der Waals surface area (Å²) in [7, 11) is 4.03. The summed E-state index contributed by atoms with van der Waals surface area (Å²) in [5.74, 6) is -0.235. The first kappa shape index (κ1) is 12.5. The zero-order chi connectivity index (χ0) is 11.7. The zero-order valence-electron chi connectivity index (χ0n) is 10.3. The van der Waals surface area contributed by atoms with Crippen molar-refractivity contribution in [3.05, 3.63) is 0 Å². The molecule has 15 heavy (non-hydrogen) atoms. The molecule has 0 saturated heterocycles. The molecule has 0 aromatic heterocycles. The van der Waals surface area contributed by atoms with Gasteiger partial charge in [0.1, 0.15) is 5.54 Å². The highest BCUT2D eigenvalue weighted by Gasteiger charge is 2.56. The van der Waals surface area contributed by atoms with Crippen LogP contribution in [0.5, 0.6) is 0 Å². The van der Waals surface area contributed by atoms with Gasteiger partial charge in [-0.3, -0.25) is 4.79 Å². The van der Waals surface area contributed by atoms with Gasteiger partial charge in [-0.15, -0.1) is 0 Å². The van der Waals surface area contributed by atoms with Crippen LogP contribution in [0.25, 0.3) is 0 Å². The molecule has 0 spiro atoms. The summed E-state index contributed by atoms with van der Waals surface area (Å²) in [5.41, 5.74) is 5.01. The summed E-state index contributed by atoms with van der Waals surface area (Å²) in [6, 6.07) is 0. The lowest BCUT2D eigenvalue weighted by Crippen LogP contribution is -2.59. The quantitative estimate of drug-likeness (QED) is 0.662. The lowest BCUT2D eigenvalue weighted by atomic mass is 9.83. The Hall–Kier alpha value is -0.610. The number of carbonyl (C=O) groups is 1. The average Bonchev–Trinajstić information content (AvgIpc) is 2.83. The third kappa shape index (κ3) is 2.49. The number of nitrogens with zero attached hydrogens (tertiary/aromatic N) is 1. The summed E-state index contributed by atoms with van der Waals surface area (Å²) in [4.78, 5) is 13.6. The first-order chi connectivity index (χ1) is 6.82. The Morgan fingerprint density at radius 3 is 2.40 bits per heavy atom. The van der Waals surface area contributed by atoms with Gasteiger partial charge in [-0.25, -0.2) is 0 Å². The average molecular weight is 213 g/mol. The van der Waals surface area contributed by atoms with Gasteiger partial charge in [-0.05, 0) is 39.3 Å². The van der Waals surface area contributed by atoms with Crippen molar-refractivity contribution < 1.29 is 4.79 Å². The Labute approximate surface area is 92.2 Å². The van der Waals surface area contributed by atoms with Gasteiger partial charge < -0.3 is 16.0 Å². The summed E-state index contributed by atoms with van der Waals surface area (Å²) in [6.07, 6.45) is 2.17. The zero-order valence-corrected chi connectivity index (χ0v) is 10.3. The molecule has 1 saturated carbocycles. The predicted molar refractivity (Wildman–Crippen MR) is 61.5 cm³/mol. The molecule has 0 bridgehead atoms. The lowest BCUT2D eigenvalue weighted by Gasteiger charge is -2.34. The molecule has 1 aliphatic rings. The Morgan fingerprint density at radius 1 is 1.53 bits per heavy atom. The van der Waals surface area contributed by atoms with Gasteiger partial charge >= 0.3 is 0 Å². The lowest BCUT2D eigenvalue weighted by molar-refractivity contribution is -0.126. The number of amides is 1. The van der Waals surface area contributed by atoms with Crippen LogP contribution in [0.15, 0.2) is 0 Å². The number of nitrogens with two attached hydrogens (primary N) is 1. The number of hydrogen-bond acceptors (Lipinski definition) is 3. The Bertz CT molecular complexity index is 248. The fourth-order valence-electron chi connectivity index (χ4n) is 1.81. The van der Waals surface area contributed by atoms with E-state index in [1.54, 1.807) is 0 Å². The molecular formula is C11H23N3O. The second-order valence-electron chi connectivity index (χ2n) is 5.28. The van der Waals surface area contributed by atoms with E-state index in [4.69, 9.17) is 5.73 Å². The number of rotatable bonds is 6. The molecule has 1 atom stereocenters. The van der Waals surface area contributed by atoms with Crippen LogP contribution in [0.2, 0.25) is 0 Å². The second kappa shape index (κ2) is 4.10. The molecule has 3 N–H and O–H groups in total. The molecule has 4 nitrogen and oxygen atoms in total. The largest absolute Gasteiger partial charge is 0.368 e. The van der Waals surface area contributed by atoms with Crippen molar-refractivity contribution in [1.29, 1.82) is 0 Å². The first-order valence-corrected chi connectivity index (χ1v) is 5.51. The van der Waals surface area contributed by atoms with Crippen molar-refractivity contribution in [1.82, 2.24) is 10.2 Å². The molecule has 1 amide bonds. The van der Waals surface area contributed by atoms with Crippen LogP contribution in [0.4, 0.5) is 0 Å². The van der Waals surface area contributed by atoms with Crippen LogP contribution >= 0.6 is 0 Å². The molecular weight excluding hydrogens is 190 g/mol. The van der Waals surface area contributed by atoms with E-state index >= 15 is 0 Å². The van der Waals surface area contributed by atoms with Gasteiger partial charge in [0.15, 0.2) is 0 Å². The van der Waals surface area contributed by atoms with Crippen molar-refractivity contribution >= 4 is 5.91 Å². The molecule has 1 fully saturated rings. The van der Waals surface area contributed by atoms with E-state index < -0.39 is 5.54 Å². The Morgan fingerprint density at radius 2 is 2.07 bits per heavy atom. The fourth-order valence-corrected chi connectivity index (χ4v) is 1.81. The highest BCUT2D eigenvalue weighted by atomic mass is 16.1. The highest BCUT2D eigenvalue weighted by molar-refractivity contribution is 5.85. The second-order valence-corrected chi connectivity index (χ2v) is 5.28. The molecule has 0 aromatic rings. The summed E-state index contributed by atoms with van der Waals surface area (Å²) < 4.78 is 0. The third-order valence-electron chi connectivity index (χ3n) is 3.74. The van der Waals surface area contributed by atoms with Gasteiger partial charge in [0.25, 0.3) is 0 Å². The van der Waals surface area contributed by atoms with Crippen molar-refractivity contribution in [2.24, 2.45) is 11.1 Å². The number of hydrogen-bond donors (Lipinski definition) is 2. The van der Waals surface area contributed by atoms with Gasteiger partial charge in [0.2, 0.25) is 5.91 Å². The van der Waals surface area contributed by atoms with Crippen molar-refractivity contribution in [3.63, 3.8) is 0 Å². The van der Waals surface area contributed by atoms with E-state index in [0.717, 1.165) is 25.9 Å². The number of primary amides is 1. The molecule has 0 radical (unpaired) electrons. The summed E-state index contributed by atoms with van der Waals surface area (Å²) in [6.45, 7) is 5.76. The van der Waals surface area contributed by atoms with Crippen molar-refractivity contribution in [2.75, 3.05) is 27.2 Å². The predicted octanol–water partition coefficient (Wildman–Crippen LogP) is 0.182. The van der Waals surface area contributed by atoms with Gasteiger partial charge in [-0.2, -0.15) is 0 Å². The third-order valence-corrected chi connectivity index (χ3v) is 3.74. The molecule has 1 unspecified atom stereocenters. The Balaban J connectivity index is 2.55. The summed E-state index contributed by atoms with van der Waals surface area (Å²) in [5, 5.41) is 3.31. The maximum Gasteiger partial charge on any atom is 0.238 e. The smallest absolute Gasteiger partial charge is 0.238 e. The van der Waals surface area contributed by atoms with E-state index in [-0.39, 0.29) is 11.3 Å². The molecule has 4 heteroatoms. The SMILES string of the molecule is CN(C)CCNC(C)(C(N)=O)C1(C)CC1. The normalized spacial score (nSPS) is 22.5. The molecule has 0 aliphatic heterocycles. The molecule has 0 aromatic carbocycles. The topological polar surface area (TPSA) is 58.4 Å². The van der Waals surface area contributed by atoms with Crippen LogP contribution in [0, 0.1) is 5.41 Å². The van der Waals surface area contributed by atoms with Crippen molar-refractivity contribution in [2.45, 2.75) is 32.2 Å². The minimum atomic E-state index is -0.553. The molecule has 1 aliphatic carbocycles. The van der Waals surface area contributed by atoms with Crippen LogP contribution in [-0.2, 0) is 4.79 Å². The molecule has 0 heterocycles. The number of carbonyl (C=O) groups excluding carboxylic acids is 1. The van der Waals surface area contributed by atoms with Gasteiger partial charge in [0, 0.05) is 13.1 Å². The molecule has 1 rings (SSSR count). The van der Waals surface area contributed by atoms with E-state index in [0.29, 0.717) is 0 Å². The van der Waals surface area contributed by atoms with Gasteiger partial charge in [0.05, 0.1) is 0 Å². The monoisotopic (exact) mass is 213 g/mol. The highest BCUT2D eigenvalue weighted by Crippen LogP contribution is 2.53. The van der Waals surface area contributed by atoms with Crippen LogP contribution < -0.4 is 11.1 Å². The first-order valence-electron chi connectivity index (χ1n) is 5.51. The number of nitrogens with one attached hydrogen (secondary N) is 1. The van der Waals surface area contributed by atoms with E-state index in [1.165, 1.54) is 0 Å². The van der Waals surface area contributed by atoms with E-state index in [9.17, 15) is 4.79 Å². The van der Waals surface area contributed by atoms with Crippen LogP contribution in [0.3, 0.4) is 0 Å². The van der Waals surface area contributed by atoms with Crippen LogP contribution in [-0.4, -0.2) is 43.5 Å².